The summed E-state index contributed by atoms with van der Waals surface area (Å²) in [6.07, 6.45) is 2.67. The minimum Gasteiger partial charge on any atom is -0.224 e. The van der Waals surface area contributed by atoms with Gasteiger partial charge in [0, 0.05) is 12.8 Å². The van der Waals surface area contributed by atoms with E-state index in [0.717, 1.165) is 19.1 Å². The number of hydrogen-bond acceptors (Lipinski definition) is 4. The average Bonchev–Trinajstić information content (AvgIpc) is 2.28. The average molecular weight is 291 g/mol. The molecule has 0 saturated carbocycles. The molecule has 1 N–H and O–H groups in total. The van der Waals surface area contributed by atoms with Gasteiger partial charge in [-0.15, -0.1) is 0 Å². The van der Waals surface area contributed by atoms with Gasteiger partial charge in [0.05, 0.1) is 9.79 Å². The molecule has 0 saturated heterocycles. The van der Waals surface area contributed by atoms with Gasteiger partial charge in [-0.2, -0.15) is 0 Å². The highest BCUT2D eigenvalue weighted by atomic mass is 32.2. The fourth-order valence-electron chi connectivity index (χ4n) is 1.34. The minimum absolute atomic E-state index is 0.000802. The van der Waals surface area contributed by atoms with Crippen LogP contribution in [0.3, 0.4) is 0 Å². The van der Waals surface area contributed by atoms with Crippen molar-refractivity contribution in [2.24, 2.45) is 0 Å². The summed E-state index contributed by atoms with van der Waals surface area (Å²) in [5.74, 6) is 0. The summed E-state index contributed by atoms with van der Waals surface area (Å²) in [5, 5.41) is 0. The van der Waals surface area contributed by atoms with Gasteiger partial charge in [0.1, 0.15) is 0 Å². The Kier molecular flexibility index (Phi) is 4.89. The molecular formula is C11H17NO4S2. The standard InChI is InChI=1S/C11H17NO4S2/c1-3-4-8-12-18(15,16)11-7-5-6-10(9-11)17(2,13)14/h5-7,9,12H,3-4,8H2,1-2H3. The smallest absolute Gasteiger partial charge is 0.224 e. The van der Waals surface area contributed by atoms with Crippen LogP contribution >= 0.6 is 0 Å². The maximum absolute atomic E-state index is 11.9. The van der Waals surface area contributed by atoms with Crippen molar-refractivity contribution in [3.8, 4) is 0 Å². The number of benzene rings is 1. The molecule has 1 aromatic carbocycles. The summed E-state index contributed by atoms with van der Waals surface area (Å²) in [4.78, 5) is -0.0256. The van der Waals surface area contributed by atoms with Crippen molar-refractivity contribution in [1.82, 2.24) is 4.72 Å². The van der Waals surface area contributed by atoms with Crippen molar-refractivity contribution in [3.05, 3.63) is 24.3 Å². The lowest BCUT2D eigenvalue weighted by atomic mass is 10.3. The normalized spacial score (nSPS) is 12.6. The van der Waals surface area contributed by atoms with Crippen LogP contribution in [0.2, 0.25) is 0 Å². The topological polar surface area (TPSA) is 80.3 Å². The van der Waals surface area contributed by atoms with Gasteiger partial charge >= 0.3 is 0 Å². The van der Waals surface area contributed by atoms with E-state index in [2.05, 4.69) is 4.72 Å². The molecule has 0 unspecified atom stereocenters. The van der Waals surface area contributed by atoms with Crippen molar-refractivity contribution in [1.29, 1.82) is 0 Å². The summed E-state index contributed by atoms with van der Waals surface area (Å²) >= 11 is 0. The van der Waals surface area contributed by atoms with Crippen LogP contribution in [0.4, 0.5) is 0 Å². The SMILES string of the molecule is CCCCNS(=O)(=O)c1cccc(S(C)(=O)=O)c1. The van der Waals surface area contributed by atoms with Crippen molar-refractivity contribution in [3.63, 3.8) is 0 Å². The fourth-order valence-corrected chi connectivity index (χ4v) is 3.20. The lowest BCUT2D eigenvalue weighted by molar-refractivity contribution is 0.578. The second-order valence-corrected chi connectivity index (χ2v) is 7.78. The van der Waals surface area contributed by atoms with Gasteiger partial charge in [0.15, 0.2) is 9.84 Å². The van der Waals surface area contributed by atoms with Crippen LogP contribution in [-0.4, -0.2) is 29.6 Å². The fraction of sp³-hybridized carbons (Fsp3) is 0.455. The zero-order valence-electron chi connectivity index (χ0n) is 10.4. The van der Waals surface area contributed by atoms with Crippen LogP contribution in [0.15, 0.2) is 34.1 Å². The van der Waals surface area contributed by atoms with E-state index in [1.807, 2.05) is 6.92 Å². The quantitative estimate of drug-likeness (QED) is 0.798. The summed E-state index contributed by atoms with van der Waals surface area (Å²) in [5.41, 5.74) is 0. The molecular weight excluding hydrogens is 274 g/mol. The van der Waals surface area contributed by atoms with Crippen LogP contribution in [0.5, 0.6) is 0 Å². The maximum Gasteiger partial charge on any atom is 0.240 e. The van der Waals surface area contributed by atoms with Gasteiger partial charge in [0.25, 0.3) is 0 Å². The minimum atomic E-state index is -3.63. The first-order chi connectivity index (χ1) is 8.27. The van der Waals surface area contributed by atoms with E-state index in [4.69, 9.17) is 0 Å². The molecule has 0 heterocycles. The van der Waals surface area contributed by atoms with Crippen LogP contribution < -0.4 is 4.72 Å². The van der Waals surface area contributed by atoms with E-state index in [9.17, 15) is 16.8 Å². The molecule has 0 radical (unpaired) electrons. The second-order valence-electron chi connectivity index (χ2n) is 4.00. The molecule has 0 spiro atoms. The van der Waals surface area contributed by atoms with Gasteiger partial charge < -0.3 is 0 Å². The number of hydrogen-bond donors (Lipinski definition) is 1. The van der Waals surface area contributed by atoms with E-state index in [1.165, 1.54) is 24.3 Å². The molecule has 1 rings (SSSR count). The maximum atomic E-state index is 11.9. The van der Waals surface area contributed by atoms with E-state index >= 15 is 0 Å². The Morgan fingerprint density at radius 2 is 1.72 bits per heavy atom. The first-order valence-corrected chi connectivity index (χ1v) is 8.94. The third-order valence-electron chi connectivity index (χ3n) is 2.37. The Hall–Kier alpha value is -0.920. The summed E-state index contributed by atoms with van der Waals surface area (Å²) in [7, 11) is -7.03. The molecule has 0 aliphatic rings. The van der Waals surface area contributed by atoms with Crippen molar-refractivity contribution >= 4 is 19.9 Å². The molecule has 5 nitrogen and oxygen atoms in total. The Bertz CT molecular complexity index is 606. The third-order valence-corrected chi connectivity index (χ3v) is 4.94. The first-order valence-electron chi connectivity index (χ1n) is 5.57. The third kappa shape index (κ3) is 4.08. The Morgan fingerprint density at radius 1 is 1.11 bits per heavy atom. The second kappa shape index (κ2) is 5.81. The largest absolute Gasteiger partial charge is 0.240 e. The monoisotopic (exact) mass is 291 g/mol. The zero-order chi connectivity index (χ0) is 13.8. The molecule has 0 aromatic heterocycles. The summed E-state index contributed by atoms with van der Waals surface area (Å²) < 4.78 is 48.9. The van der Waals surface area contributed by atoms with Gasteiger partial charge in [-0.3, -0.25) is 0 Å². The van der Waals surface area contributed by atoms with Crippen LogP contribution in [0.1, 0.15) is 19.8 Å². The van der Waals surface area contributed by atoms with E-state index in [1.54, 1.807) is 0 Å². The highest BCUT2D eigenvalue weighted by molar-refractivity contribution is 7.91. The number of sulfone groups is 1. The van der Waals surface area contributed by atoms with Gasteiger partial charge in [-0.05, 0) is 24.6 Å². The van der Waals surface area contributed by atoms with Crippen LogP contribution in [0.25, 0.3) is 0 Å². The number of rotatable bonds is 6. The lowest BCUT2D eigenvalue weighted by Crippen LogP contribution is -2.24. The van der Waals surface area contributed by atoms with E-state index < -0.39 is 19.9 Å². The molecule has 0 atom stereocenters. The molecule has 7 heteroatoms. The molecule has 102 valence electrons. The van der Waals surface area contributed by atoms with Gasteiger partial charge in [0.2, 0.25) is 10.0 Å². The molecule has 18 heavy (non-hydrogen) atoms. The summed E-state index contributed by atoms with van der Waals surface area (Å²) in [6.45, 7) is 2.31. The molecule has 0 bridgehead atoms. The van der Waals surface area contributed by atoms with Crippen molar-refractivity contribution < 1.29 is 16.8 Å². The number of unbranched alkanes of at least 4 members (excludes halogenated alkanes) is 1. The molecule has 0 amide bonds. The molecule has 0 fully saturated rings. The predicted octanol–water partition coefficient (Wildman–Crippen LogP) is 1.17. The number of nitrogens with one attached hydrogen (secondary N) is 1. The Labute approximate surface area is 108 Å². The molecule has 0 aliphatic carbocycles. The Morgan fingerprint density at radius 3 is 2.28 bits per heavy atom. The van der Waals surface area contributed by atoms with Gasteiger partial charge in [-0.1, -0.05) is 19.4 Å². The molecule has 0 aliphatic heterocycles. The molecule has 1 aromatic rings. The van der Waals surface area contributed by atoms with Crippen molar-refractivity contribution in [2.75, 3.05) is 12.8 Å². The highest BCUT2D eigenvalue weighted by Crippen LogP contribution is 2.15. The van der Waals surface area contributed by atoms with Gasteiger partial charge in [-0.25, -0.2) is 21.6 Å². The predicted molar refractivity (Wildman–Crippen MR) is 69.6 cm³/mol. The number of sulfonamides is 1. The lowest BCUT2D eigenvalue weighted by Gasteiger charge is -2.07. The van der Waals surface area contributed by atoms with E-state index in [0.29, 0.717) is 6.54 Å². The van der Waals surface area contributed by atoms with E-state index in [-0.39, 0.29) is 9.79 Å². The zero-order valence-corrected chi connectivity index (χ0v) is 12.0. The van der Waals surface area contributed by atoms with Crippen LogP contribution in [-0.2, 0) is 19.9 Å². The Balaban J connectivity index is 3.03. The van der Waals surface area contributed by atoms with Crippen LogP contribution in [0, 0.1) is 0 Å². The highest BCUT2D eigenvalue weighted by Gasteiger charge is 2.16. The van der Waals surface area contributed by atoms with Crippen molar-refractivity contribution in [2.45, 2.75) is 29.6 Å². The first kappa shape index (κ1) is 15.1. The summed E-state index contributed by atoms with van der Waals surface area (Å²) in [6, 6.07) is 5.34.